The molecule has 0 bridgehead atoms. The second kappa shape index (κ2) is 7.12. The van der Waals surface area contributed by atoms with Crippen LogP contribution >= 0.6 is 15.9 Å². The first-order chi connectivity index (χ1) is 8.93. The van der Waals surface area contributed by atoms with E-state index in [1.54, 1.807) is 18.2 Å². The normalized spacial score (nSPS) is 11.9. The van der Waals surface area contributed by atoms with Gasteiger partial charge in [0.2, 0.25) is 5.91 Å². The second-order valence-electron chi connectivity index (χ2n) is 4.41. The Bertz CT molecular complexity index is 498. The summed E-state index contributed by atoms with van der Waals surface area (Å²) in [6.45, 7) is 2.15. The van der Waals surface area contributed by atoms with Crippen LogP contribution in [-0.2, 0) is 4.79 Å². The minimum atomic E-state index is -0.127. The molecule has 102 valence electrons. The average molecular weight is 325 g/mol. The van der Waals surface area contributed by atoms with E-state index in [1.165, 1.54) is 0 Å². The summed E-state index contributed by atoms with van der Waals surface area (Å²) in [5.74, 6) is -0.127. The smallest absolute Gasteiger partial charge is 0.238 e. The number of halogens is 1. The minimum absolute atomic E-state index is 0.0469. The molecular weight excluding hydrogens is 308 g/mol. The van der Waals surface area contributed by atoms with Gasteiger partial charge in [0.1, 0.15) is 0 Å². The van der Waals surface area contributed by atoms with E-state index < -0.39 is 0 Å². The lowest BCUT2D eigenvalue weighted by molar-refractivity contribution is -0.117. The number of nitrogens with two attached hydrogens (primary N) is 1. The molecule has 0 spiro atoms. The van der Waals surface area contributed by atoms with Crippen molar-refractivity contribution in [1.29, 1.82) is 5.26 Å². The van der Waals surface area contributed by atoms with Crippen LogP contribution < -0.4 is 11.1 Å². The summed E-state index contributed by atoms with van der Waals surface area (Å²) < 4.78 is 0.744. The first kappa shape index (κ1) is 15.5. The van der Waals surface area contributed by atoms with E-state index in [4.69, 9.17) is 11.0 Å². The van der Waals surface area contributed by atoms with E-state index in [-0.39, 0.29) is 18.5 Å². The van der Waals surface area contributed by atoms with E-state index in [1.807, 2.05) is 18.9 Å². The maximum atomic E-state index is 11.9. The Hall–Kier alpha value is -1.58. The van der Waals surface area contributed by atoms with Gasteiger partial charge >= 0.3 is 0 Å². The molecule has 0 saturated heterocycles. The van der Waals surface area contributed by atoms with Crippen LogP contribution in [0.25, 0.3) is 0 Å². The van der Waals surface area contributed by atoms with Crippen molar-refractivity contribution in [3.63, 3.8) is 0 Å². The zero-order chi connectivity index (χ0) is 14.4. The Kier molecular flexibility index (Phi) is 5.80. The van der Waals surface area contributed by atoms with Gasteiger partial charge in [0.25, 0.3) is 0 Å². The third kappa shape index (κ3) is 4.89. The minimum Gasteiger partial charge on any atom is -0.399 e. The van der Waals surface area contributed by atoms with Crippen LogP contribution in [0.2, 0.25) is 0 Å². The van der Waals surface area contributed by atoms with Crippen LogP contribution in [-0.4, -0.2) is 30.4 Å². The van der Waals surface area contributed by atoms with Gasteiger partial charge in [0, 0.05) is 16.2 Å². The Morgan fingerprint density at radius 1 is 1.63 bits per heavy atom. The largest absolute Gasteiger partial charge is 0.399 e. The highest BCUT2D eigenvalue weighted by atomic mass is 79.9. The van der Waals surface area contributed by atoms with Crippen LogP contribution in [0.3, 0.4) is 0 Å². The highest BCUT2D eigenvalue weighted by Gasteiger charge is 2.13. The molecule has 0 heterocycles. The van der Waals surface area contributed by atoms with Gasteiger partial charge in [0.15, 0.2) is 0 Å². The van der Waals surface area contributed by atoms with E-state index >= 15 is 0 Å². The fourth-order valence-corrected chi connectivity index (χ4v) is 1.99. The predicted molar refractivity (Wildman–Crippen MR) is 79.5 cm³/mol. The number of nitriles is 1. The monoisotopic (exact) mass is 324 g/mol. The number of anilines is 2. The van der Waals surface area contributed by atoms with E-state index in [9.17, 15) is 4.79 Å². The highest BCUT2D eigenvalue weighted by molar-refractivity contribution is 9.10. The fraction of sp³-hybridized carbons (Fsp3) is 0.385. The molecule has 19 heavy (non-hydrogen) atoms. The second-order valence-corrected chi connectivity index (χ2v) is 5.27. The zero-order valence-corrected chi connectivity index (χ0v) is 12.6. The fourth-order valence-electron chi connectivity index (χ4n) is 1.49. The molecule has 0 fully saturated rings. The maximum absolute atomic E-state index is 11.9. The molecule has 1 aromatic carbocycles. The lowest BCUT2D eigenvalue weighted by Crippen LogP contribution is -2.36. The Morgan fingerprint density at radius 3 is 2.89 bits per heavy atom. The Labute approximate surface area is 121 Å². The van der Waals surface area contributed by atoms with E-state index in [0.29, 0.717) is 17.8 Å². The molecule has 0 aromatic heterocycles. The number of nitrogens with zero attached hydrogens (tertiary/aromatic N) is 2. The van der Waals surface area contributed by atoms with Gasteiger partial charge in [0.05, 0.1) is 24.7 Å². The van der Waals surface area contributed by atoms with Gasteiger partial charge in [-0.2, -0.15) is 5.26 Å². The number of carbonyl (C=O) groups excluding carboxylic acids is 1. The third-order valence-electron chi connectivity index (χ3n) is 2.80. The van der Waals surface area contributed by atoms with Crippen molar-refractivity contribution >= 4 is 33.2 Å². The third-order valence-corrected chi connectivity index (χ3v) is 3.46. The van der Waals surface area contributed by atoms with Crippen molar-refractivity contribution in [3.05, 3.63) is 22.7 Å². The number of likely N-dealkylation sites (N-methyl/N-ethyl adjacent to an activating group) is 1. The summed E-state index contributed by atoms with van der Waals surface area (Å²) >= 11 is 3.34. The first-order valence-electron chi connectivity index (χ1n) is 5.86. The van der Waals surface area contributed by atoms with Crippen molar-refractivity contribution in [2.45, 2.75) is 19.4 Å². The lowest BCUT2D eigenvalue weighted by Gasteiger charge is -2.21. The van der Waals surface area contributed by atoms with Crippen molar-refractivity contribution in [2.24, 2.45) is 0 Å². The molecule has 1 atom stereocenters. The molecule has 0 radical (unpaired) electrons. The summed E-state index contributed by atoms with van der Waals surface area (Å²) in [5.41, 5.74) is 6.94. The first-order valence-corrected chi connectivity index (χ1v) is 6.65. The number of nitrogen functional groups attached to an aromatic ring is 1. The van der Waals surface area contributed by atoms with Crippen LogP contribution in [0.15, 0.2) is 22.7 Å². The van der Waals surface area contributed by atoms with Gasteiger partial charge in [-0.25, -0.2) is 0 Å². The number of hydrogen-bond donors (Lipinski definition) is 2. The number of benzene rings is 1. The lowest BCUT2D eigenvalue weighted by atomic mass is 10.2. The van der Waals surface area contributed by atoms with E-state index in [2.05, 4.69) is 27.3 Å². The zero-order valence-electron chi connectivity index (χ0n) is 11.0. The van der Waals surface area contributed by atoms with Gasteiger partial charge < -0.3 is 11.1 Å². The summed E-state index contributed by atoms with van der Waals surface area (Å²) in [6, 6.07) is 7.34. The highest BCUT2D eigenvalue weighted by Crippen LogP contribution is 2.24. The number of carbonyl (C=O) groups is 1. The molecule has 6 heteroatoms. The SMILES string of the molecule is CC(CC#N)N(C)CC(=O)Nc1ccc(N)cc1Br. The summed E-state index contributed by atoms with van der Waals surface area (Å²) in [7, 11) is 1.82. The number of hydrogen-bond acceptors (Lipinski definition) is 4. The average Bonchev–Trinajstić information content (AvgIpc) is 2.33. The molecule has 0 aliphatic heterocycles. The molecule has 0 aliphatic rings. The Balaban J connectivity index is 2.58. The quantitative estimate of drug-likeness (QED) is 0.813. The van der Waals surface area contributed by atoms with Crippen LogP contribution in [0, 0.1) is 11.3 Å². The van der Waals surface area contributed by atoms with Gasteiger partial charge in [-0.3, -0.25) is 9.69 Å². The number of amides is 1. The van der Waals surface area contributed by atoms with Crippen LogP contribution in [0.1, 0.15) is 13.3 Å². The molecule has 0 aliphatic carbocycles. The van der Waals surface area contributed by atoms with Crippen LogP contribution in [0.5, 0.6) is 0 Å². The van der Waals surface area contributed by atoms with Crippen LogP contribution in [0.4, 0.5) is 11.4 Å². The van der Waals surface area contributed by atoms with Crippen molar-refractivity contribution in [1.82, 2.24) is 4.90 Å². The number of rotatable bonds is 5. The molecule has 5 nitrogen and oxygen atoms in total. The molecule has 3 N–H and O–H groups in total. The van der Waals surface area contributed by atoms with Gasteiger partial charge in [-0.15, -0.1) is 0 Å². The summed E-state index contributed by atoms with van der Waals surface area (Å²) in [5, 5.41) is 11.4. The molecule has 1 rings (SSSR count). The topological polar surface area (TPSA) is 82.2 Å². The van der Waals surface area contributed by atoms with E-state index in [0.717, 1.165) is 4.47 Å². The molecular formula is C13H17BrN4O. The summed E-state index contributed by atoms with van der Waals surface area (Å²) in [4.78, 5) is 13.7. The van der Waals surface area contributed by atoms with Crippen molar-refractivity contribution in [2.75, 3.05) is 24.6 Å². The standard InChI is InChI=1S/C13H17BrN4O/c1-9(5-6-15)18(2)8-13(19)17-12-4-3-10(16)7-11(12)14/h3-4,7,9H,5,8,16H2,1-2H3,(H,17,19). The van der Waals surface area contributed by atoms with Crippen molar-refractivity contribution in [3.8, 4) is 6.07 Å². The van der Waals surface area contributed by atoms with Gasteiger partial charge in [-0.1, -0.05) is 0 Å². The predicted octanol–water partition coefficient (Wildman–Crippen LogP) is 2.20. The number of nitrogens with one attached hydrogen (secondary N) is 1. The molecule has 0 saturated carbocycles. The molecule has 1 aromatic rings. The van der Waals surface area contributed by atoms with Gasteiger partial charge in [-0.05, 0) is 48.1 Å². The maximum Gasteiger partial charge on any atom is 0.238 e. The molecule has 1 unspecified atom stereocenters. The summed E-state index contributed by atoms with van der Waals surface area (Å²) in [6.07, 6.45) is 0.398. The Morgan fingerprint density at radius 2 is 2.32 bits per heavy atom. The molecule has 1 amide bonds. The van der Waals surface area contributed by atoms with Crippen molar-refractivity contribution < 1.29 is 4.79 Å².